The van der Waals surface area contributed by atoms with E-state index in [1.807, 2.05) is 0 Å². The van der Waals surface area contributed by atoms with Gasteiger partial charge < -0.3 is 14.1 Å². The van der Waals surface area contributed by atoms with Crippen LogP contribution in [0.2, 0.25) is 0 Å². The molecule has 1 aromatic carbocycles. The Morgan fingerprint density at radius 1 is 1.26 bits per heavy atom. The second-order valence-corrected chi connectivity index (χ2v) is 7.98. The van der Waals surface area contributed by atoms with Crippen molar-refractivity contribution >= 4 is 5.57 Å². The van der Waals surface area contributed by atoms with Gasteiger partial charge in [0.25, 0.3) is 0 Å². The number of ether oxygens (including phenoxy) is 1. The molecule has 2 aliphatic rings. The second-order valence-electron chi connectivity index (χ2n) is 7.98. The van der Waals surface area contributed by atoms with E-state index in [0.29, 0.717) is 18.4 Å². The maximum atomic E-state index is 5.94. The third-order valence-electron chi connectivity index (χ3n) is 5.34. The third kappa shape index (κ3) is 4.10. The molecule has 1 aromatic heterocycles. The van der Waals surface area contributed by atoms with Gasteiger partial charge in [-0.2, -0.15) is 0 Å². The fourth-order valence-corrected chi connectivity index (χ4v) is 3.78. The van der Waals surface area contributed by atoms with Crippen LogP contribution in [-0.4, -0.2) is 23.0 Å². The predicted molar refractivity (Wildman–Crippen MR) is 107 cm³/mol. The summed E-state index contributed by atoms with van der Waals surface area (Å²) in [5.74, 6) is 2.10. The van der Waals surface area contributed by atoms with Crippen LogP contribution in [0.3, 0.4) is 0 Å². The molecule has 4 rings (SSSR count). The largest absolute Gasteiger partial charge is 0.484 e. The molecular weight excluding hydrogens is 336 g/mol. The van der Waals surface area contributed by atoms with Crippen LogP contribution >= 0.6 is 0 Å². The van der Waals surface area contributed by atoms with E-state index in [9.17, 15) is 0 Å². The Kier molecular flexibility index (Phi) is 5.06. The molecule has 27 heavy (non-hydrogen) atoms. The zero-order valence-corrected chi connectivity index (χ0v) is 16.5. The first kappa shape index (κ1) is 17.9. The lowest BCUT2D eigenvalue weighted by atomic mass is 9.86. The zero-order valence-electron chi connectivity index (χ0n) is 16.5. The number of aryl methyl sites for hydroxylation is 1. The van der Waals surface area contributed by atoms with Crippen molar-refractivity contribution in [1.82, 2.24) is 9.88 Å². The highest BCUT2D eigenvalue weighted by Gasteiger charge is 2.19. The van der Waals surface area contributed by atoms with Crippen LogP contribution in [0.1, 0.15) is 49.9 Å². The first-order chi connectivity index (χ1) is 13.1. The molecule has 142 valence electrons. The zero-order chi connectivity index (χ0) is 18.8. The minimum atomic E-state index is 0.373. The summed E-state index contributed by atoms with van der Waals surface area (Å²) in [6, 6.07) is 6.44. The molecule has 0 amide bonds. The standard InChI is InChI=1S/C23H28N2O2/c1-16(2)11-20-14-27-23(24-20)15-26-21-7-8-22-17(3)19(6-5-18(22)12-21)13-25-9-4-10-25/h4,7-9,12,14,16H,5-6,10-11,13,15H2,1-3H3. The van der Waals surface area contributed by atoms with Crippen molar-refractivity contribution in [2.45, 2.75) is 46.6 Å². The molecule has 0 unspecified atom stereocenters. The van der Waals surface area contributed by atoms with Gasteiger partial charge in [-0.3, -0.25) is 0 Å². The normalized spacial score (nSPS) is 15.9. The number of benzene rings is 1. The van der Waals surface area contributed by atoms with Crippen LogP contribution in [0.15, 0.2) is 46.7 Å². The van der Waals surface area contributed by atoms with Crippen molar-refractivity contribution < 1.29 is 9.15 Å². The Hall–Kier alpha value is -2.49. The Morgan fingerprint density at radius 2 is 2.11 bits per heavy atom. The summed E-state index contributed by atoms with van der Waals surface area (Å²) in [5.41, 5.74) is 6.72. The summed E-state index contributed by atoms with van der Waals surface area (Å²) in [6.45, 7) is 9.12. The summed E-state index contributed by atoms with van der Waals surface area (Å²) in [7, 11) is 0. The average molecular weight is 364 g/mol. The van der Waals surface area contributed by atoms with E-state index in [2.05, 4.69) is 61.1 Å². The lowest BCUT2D eigenvalue weighted by Gasteiger charge is -2.30. The molecule has 2 heterocycles. The molecule has 0 N–H and O–H groups in total. The van der Waals surface area contributed by atoms with Crippen molar-refractivity contribution in [2.24, 2.45) is 5.92 Å². The fourth-order valence-electron chi connectivity index (χ4n) is 3.78. The van der Waals surface area contributed by atoms with Gasteiger partial charge in [-0.1, -0.05) is 19.9 Å². The van der Waals surface area contributed by atoms with Crippen LogP contribution in [0.5, 0.6) is 5.75 Å². The number of allylic oxidation sites excluding steroid dienone is 1. The second kappa shape index (κ2) is 7.63. The van der Waals surface area contributed by atoms with Gasteiger partial charge in [0, 0.05) is 13.1 Å². The molecular formula is C23H28N2O2. The van der Waals surface area contributed by atoms with Gasteiger partial charge in [-0.15, -0.1) is 0 Å². The van der Waals surface area contributed by atoms with Gasteiger partial charge in [-0.25, -0.2) is 4.98 Å². The number of aromatic nitrogens is 1. The maximum Gasteiger partial charge on any atom is 0.232 e. The number of hydrogen-bond acceptors (Lipinski definition) is 4. The Bertz CT molecular complexity index is 876. The van der Waals surface area contributed by atoms with Gasteiger partial charge >= 0.3 is 0 Å². The monoisotopic (exact) mass is 364 g/mol. The van der Waals surface area contributed by atoms with E-state index >= 15 is 0 Å². The summed E-state index contributed by atoms with van der Waals surface area (Å²) >= 11 is 0. The molecule has 0 saturated carbocycles. The lowest BCUT2D eigenvalue weighted by Crippen LogP contribution is -2.27. The molecule has 2 aromatic rings. The van der Waals surface area contributed by atoms with Gasteiger partial charge in [0.15, 0.2) is 6.61 Å². The molecule has 0 fully saturated rings. The molecule has 1 aliphatic heterocycles. The minimum Gasteiger partial charge on any atom is -0.484 e. The summed E-state index contributed by atoms with van der Waals surface area (Å²) in [5, 5.41) is 0. The smallest absolute Gasteiger partial charge is 0.232 e. The lowest BCUT2D eigenvalue weighted by molar-refractivity contribution is 0.263. The number of oxazole rings is 1. The third-order valence-corrected chi connectivity index (χ3v) is 5.34. The van der Waals surface area contributed by atoms with Crippen molar-refractivity contribution in [3.05, 3.63) is 65.0 Å². The van der Waals surface area contributed by atoms with E-state index in [0.717, 1.165) is 43.8 Å². The number of fused-ring (bicyclic) bond motifs is 1. The quantitative estimate of drug-likeness (QED) is 0.693. The van der Waals surface area contributed by atoms with Crippen LogP contribution in [0, 0.1) is 5.92 Å². The summed E-state index contributed by atoms with van der Waals surface area (Å²) in [6.07, 6.45) is 9.27. The first-order valence-electron chi connectivity index (χ1n) is 9.87. The van der Waals surface area contributed by atoms with Crippen LogP contribution in [0.25, 0.3) is 5.57 Å². The van der Waals surface area contributed by atoms with Crippen molar-refractivity contribution in [3.8, 4) is 5.75 Å². The van der Waals surface area contributed by atoms with Crippen LogP contribution in [-0.2, 0) is 19.4 Å². The molecule has 4 nitrogen and oxygen atoms in total. The number of hydrogen-bond donors (Lipinski definition) is 0. The van der Waals surface area contributed by atoms with E-state index in [-0.39, 0.29) is 0 Å². The maximum absolute atomic E-state index is 5.94. The van der Waals surface area contributed by atoms with Gasteiger partial charge in [0.05, 0.1) is 5.69 Å². The van der Waals surface area contributed by atoms with Gasteiger partial charge in [0.2, 0.25) is 5.89 Å². The van der Waals surface area contributed by atoms with E-state index in [4.69, 9.17) is 9.15 Å². The van der Waals surface area contributed by atoms with Crippen molar-refractivity contribution in [3.63, 3.8) is 0 Å². The van der Waals surface area contributed by atoms with E-state index in [1.54, 1.807) is 11.8 Å². The number of nitrogens with zero attached hydrogens (tertiary/aromatic N) is 2. The molecule has 0 radical (unpaired) electrons. The van der Waals surface area contributed by atoms with E-state index < -0.39 is 0 Å². The molecule has 0 atom stereocenters. The van der Waals surface area contributed by atoms with E-state index in [1.165, 1.54) is 16.7 Å². The van der Waals surface area contributed by atoms with Crippen LogP contribution in [0.4, 0.5) is 0 Å². The Labute approximate surface area is 161 Å². The predicted octanol–water partition coefficient (Wildman–Crippen LogP) is 5.00. The highest BCUT2D eigenvalue weighted by Crippen LogP contribution is 2.34. The number of rotatable bonds is 7. The van der Waals surface area contributed by atoms with Crippen molar-refractivity contribution in [2.75, 3.05) is 13.1 Å². The molecule has 0 spiro atoms. The Morgan fingerprint density at radius 3 is 2.85 bits per heavy atom. The molecule has 4 heteroatoms. The van der Waals surface area contributed by atoms with Crippen LogP contribution < -0.4 is 4.74 Å². The first-order valence-corrected chi connectivity index (χ1v) is 9.87. The summed E-state index contributed by atoms with van der Waals surface area (Å²) < 4.78 is 11.5. The minimum absolute atomic E-state index is 0.373. The molecule has 0 bridgehead atoms. The molecule has 1 aliphatic carbocycles. The topological polar surface area (TPSA) is 38.5 Å². The Balaban J connectivity index is 1.41. The molecule has 0 saturated heterocycles. The fraction of sp³-hybridized carbons (Fsp3) is 0.435. The average Bonchev–Trinajstić information content (AvgIpc) is 3.04. The van der Waals surface area contributed by atoms with Gasteiger partial charge in [-0.05, 0) is 78.8 Å². The highest BCUT2D eigenvalue weighted by molar-refractivity contribution is 5.72. The SMILES string of the molecule is CC1=C(CN2C=CC2)CCc2cc(OCc3nc(CC(C)C)co3)ccc21. The summed E-state index contributed by atoms with van der Waals surface area (Å²) in [4.78, 5) is 6.87. The highest BCUT2D eigenvalue weighted by atomic mass is 16.5. The van der Waals surface area contributed by atoms with Gasteiger partial charge in [0.1, 0.15) is 12.0 Å². The van der Waals surface area contributed by atoms with Crippen molar-refractivity contribution in [1.29, 1.82) is 0 Å².